The molecule has 1 aromatic heterocycles. The van der Waals surface area contributed by atoms with Crippen LogP contribution in [0.5, 0.6) is 0 Å². The molecule has 0 unspecified atom stereocenters. The van der Waals surface area contributed by atoms with Crippen LogP contribution in [0.1, 0.15) is 15.2 Å². The second-order valence-electron chi connectivity index (χ2n) is 3.67. The average Bonchev–Trinajstić information content (AvgIpc) is 2.82. The Bertz CT molecular complexity index is 546. The summed E-state index contributed by atoms with van der Waals surface area (Å²) < 4.78 is 0. The van der Waals surface area contributed by atoms with Gasteiger partial charge in [0, 0.05) is 10.6 Å². The summed E-state index contributed by atoms with van der Waals surface area (Å²) in [5.41, 5.74) is 0.660. The van der Waals surface area contributed by atoms with Crippen LogP contribution in [0.4, 0.5) is 5.69 Å². The number of nitrogens with one attached hydrogen (secondary N) is 1. The highest BCUT2D eigenvalue weighted by molar-refractivity contribution is 7.10. The Morgan fingerprint density at radius 3 is 2.44 bits per heavy atom. The number of benzene rings is 1. The largest absolute Gasteiger partial charge is 0.545 e. The zero-order chi connectivity index (χ0) is 13.0. The number of carboxylic acid groups (broad SMARTS) is 1. The van der Waals surface area contributed by atoms with E-state index in [-0.39, 0.29) is 11.5 Å². The molecule has 5 heteroatoms. The predicted octanol–water partition coefficient (Wildman–Crippen LogP) is 1.29. The Morgan fingerprint density at radius 1 is 1.17 bits per heavy atom. The molecule has 0 bridgehead atoms. The SMILES string of the molecule is O=C(Cc1cccs1)Nc1ccc(C(=O)[O-])cc1. The maximum absolute atomic E-state index is 11.7. The van der Waals surface area contributed by atoms with Gasteiger partial charge in [0.2, 0.25) is 5.91 Å². The minimum absolute atomic E-state index is 0.0891. The van der Waals surface area contributed by atoms with Crippen LogP contribution in [-0.4, -0.2) is 11.9 Å². The lowest BCUT2D eigenvalue weighted by Crippen LogP contribution is -2.22. The quantitative estimate of drug-likeness (QED) is 0.900. The molecule has 18 heavy (non-hydrogen) atoms. The van der Waals surface area contributed by atoms with Crippen LogP contribution >= 0.6 is 11.3 Å². The van der Waals surface area contributed by atoms with Crippen molar-refractivity contribution in [3.63, 3.8) is 0 Å². The van der Waals surface area contributed by atoms with Gasteiger partial charge in [0.25, 0.3) is 0 Å². The van der Waals surface area contributed by atoms with Gasteiger partial charge < -0.3 is 15.2 Å². The molecule has 2 aromatic rings. The molecule has 4 nitrogen and oxygen atoms in total. The lowest BCUT2D eigenvalue weighted by molar-refractivity contribution is -0.255. The fourth-order valence-electron chi connectivity index (χ4n) is 1.47. The second kappa shape index (κ2) is 5.46. The first kappa shape index (κ1) is 12.3. The lowest BCUT2D eigenvalue weighted by atomic mass is 10.2. The van der Waals surface area contributed by atoms with E-state index < -0.39 is 5.97 Å². The van der Waals surface area contributed by atoms with Crippen molar-refractivity contribution in [3.05, 3.63) is 52.2 Å². The molecule has 0 aliphatic carbocycles. The van der Waals surface area contributed by atoms with E-state index in [4.69, 9.17) is 0 Å². The molecule has 0 aliphatic rings. The molecular weight excluding hydrogens is 250 g/mol. The molecule has 0 fully saturated rings. The van der Waals surface area contributed by atoms with E-state index in [0.29, 0.717) is 12.1 Å². The van der Waals surface area contributed by atoms with E-state index in [0.717, 1.165) is 4.88 Å². The Balaban J connectivity index is 1.97. The van der Waals surface area contributed by atoms with Gasteiger partial charge in [-0.2, -0.15) is 0 Å². The molecule has 0 atom stereocenters. The van der Waals surface area contributed by atoms with Crippen LogP contribution in [0, 0.1) is 0 Å². The molecule has 0 spiro atoms. The average molecular weight is 260 g/mol. The highest BCUT2D eigenvalue weighted by Crippen LogP contribution is 2.12. The third-order valence-electron chi connectivity index (χ3n) is 2.32. The van der Waals surface area contributed by atoms with Gasteiger partial charge in [0.05, 0.1) is 12.4 Å². The van der Waals surface area contributed by atoms with Crippen molar-refractivity contribution in [1.29, 1.82) is 0 Å². The number of carboxylic acids is 1. The normalized spacial score (nSPS) is 10.0. The molecule has 1 heterocycles. The van der Waals surface area contributed by atoms with E-state index in [1.54, 1.807) is 0 Å². The number of rotatable bonds is 4. The Kier molecular flexibility index (Phi) is 3.74. The molecular formula is C13H10NO3S-. The molecule has 2 rings (SSSR count). The van der Waals surface area contributed by atoms with E-state index >= 15 is 0 Å². The molecule has 0 radical (unpaired) electrons. The predicted molar refractivity (Wildman–Crippen MR) is 67.4 cm³/mol. The molecule has 1 amide bonds. The van der Waals surface area contributed by atoms with Gasteiger partial charge in [-0.3, -0.25) is 4.79 Å². The summed E-state index contributed by atoms with van der Waals surface area (Å²) in [6, 6.07) is 9.66. The van der Waals surface area contributed by atoms with Crippen LogP contribution < -0.4 is 10.4 Å². The standard InChI is InChI=1S/C13H11NO3S/c15-12(8-11-2-1-7-18-11)14-10-5-3-9(4-6-10)13(16)17/h1-7H,8H2,(H,14,15)(H,16,17)/p-1. The maximum Gasteiger partial charge on any atom is 0.229 e. The number of thiophene rings is 1. The van der Waals surface area contributed by atoms with Gasteiger partial charge in [-0.15, -0.1) is 11.3 Å². The van der Waals surface area contributed by atoms with Crippen molar-refractivity contribution < 1.29 is 14.7 Å². The van der Waals surface area contributed by atoms with Gasteiger partial charge in [0.1, 0.15) is 0 Å². The summed E-state index contributed by atoms with van der Waals surface area (Å²) in [7, 11) is 0. The first-order chi connectivity index (χ1) is 8.65. The van der Waals surface area contributed by atoms with E-state index in [1.807, 2.05) is 17.5 Å². The number of hydrogen-bond acceptors (Lipinski definition) is 4. The third kappa shape index (κ3) is 3.18. The highest BCUT2D eigenvalue weighted by atomic mass is 32.1. The van der Waals surface area contributed by atoms with Crippen LogP contribution in [0.15, 0.2) is 41.8 Å². The number of anilines is 1. The Hall–Kier alpha value is -2.14. The highest BCUT2D eigenvalue weighted by Gasteiger charge is 2.04. The second-order valence-corrected chi connectivity index (χ2v) is 4.70. The monoisotopic (exact) mass is 260 g/mol. The first-order valence-corrected chi connectivity index (χ1v) is 6.17. The molecule has 92 valence electrons. The van der Waals surface area contributed by atoms with E-state index in [2.05, 4.69) is 5.32 Å². The van der Waals surface area contributed by atoms with Gasteiger partial charge >= 0.3 is 0 Å². The maximum atomic E-state index is 11.7. The number of aromatic carboxylic acids is 1. The van der Waals surface area contributed by atoms with Gasteiger partial charge in [-0.05, 0) is 29.1 Å². The topological polar surface area (TPSA) is 69.2 Å². The Labute approximate surface area is 108 Å². The number of carbonyl (C=O) groups excluding carboxylic acids is 2. The van der Waals surface area contributed by atoms with Crippen molar-refractivity contribution in [1.82, 2.24) is 0 Å². The summed E-state index contributed by atoms with van der Waals surface area (Å²) >= 11 is 1.52. The zero-order valence-electron chi connectivity index (χ0n) is 9.38. The van der Waals surface area contributed by atoms with E-state index in [9.17, 15) is 14.7 Å². The molecule has 0 aliphatic heterocycles. The van der Waals surface area contributed by atoms with Crippen molar-refractivity contribution >= 4 is 28.9 Å². The van der Waals surface area contributed by atoms with Crippen molar-refractivity contribution in [2.75, 3.05) is 5.32 Å². The van der Waals surface area contributed by atoms with Crippen LogP contribution in [0.2, 0.25) is 0 Å². The minimum atomic E-state index is -1.23. The van der Waals surface area contributed by atoms with Crippen LogP contribution in [-0.2, 0) is 11.2 Å². The Morgan fingerprint density at radius 2 is 1.89 bits per heavy atom. The smallest absolute Gasteiger partial charge is 0.229 e. The zero-order valence-corrected chi connectivity index (χ0v) is 10.2. The van der Waals surface area contributed by atoms with Crippen molar-refractivity contribution in [3.8, 4) is 0 Å². The molecule has 0 saturated heterocycles. The summed E-state index contributed by atoms with van der Waals surface area (Å²) in [5, 5.41) is 15.2. The summed E-state index contributed by atoms with van der Waals surface area (Å²) in [4.78, 5) is 23.2. The summed E-state index contributed by atoms with van der Waals surface area (Å²) in [5.74, 6) is -1.36. The van der Waals surface area contributed by atoms with Crippen LogP contribution in [0.3, 0.4) is 0 Å². The fourth-order valence-corrected chi connectivity index (χ4v) is 2.17. The molecule has 1 aromatic carbocycles. The molecule has 1 N–H and O–H groups in total. The van der Waals surface area contributed by atoms with Crippen molar-refractivity contribution in [2.24, 2.45) is 0 Å². The lowest BCUT2D eigenvalue weighted by Gasteiger charge is -2.06. The van der Waals surface area contributed by atoms with Crippen LogP contribution in [0.25, 0.3) is 0 Å². The van der Waals surface area contributed by atoms with Gasteiger partial charge in [0.15, 0.2) is 0 Å². The number of amides is 1. The van der Waals surface area contributed by atoms with Gasteiger partial charge in [-0.1, -0.05) is 18.2 Å². The summed E-state index contributed by atoms with van der Waals surface area (Å²) in [6.45, 7) is 0. The summed E-state index contributed by atoms with van der Waals surface area (Å²) in [6.07, 6.45) is 0.319. The fraction of sp³-hybridized carbons (Fsp3) is 0.0769. The molecule has 0 saturated carbocycles. The first-order valence-electron chi connectivity index (χ1n) is 5.29. The number of carbonyl (C=O) groups is 2. The minimum Gasteiger partial charge on any atom is -0.545 e. The van der Waals surface area contributed by atoms with Gasteiger partial charge in [-0.25, -0.2) is 0 Å². The van der Waals surface area contributed by atoms with Crippen molar-refractivity contribution in [2.45, 2.75) is 6.42 Å². The van der Waals surface area contributed by atoms with E-state index in [1.165, 1.54) is 35.6 Å². The third-order valence-corrected chi connectivity index (χ3v) is 3.20. The number of hydrogen-bond donors (Lipinski definition) is 1.